The molecule has 1 N–H and O–H groups in total. The number of allylic oxidation sites excluding steroid dienone is 1. The molecule has 4 heteroatoms. The third-order valence-corrected chi connectivity index (χ3v) is 3.33. The lowest BCUT2D eigenvalue weighted by Crippen LogP contribution is -2.26. The molecule has 0 amide bonds. The number of nitrogens with zero attached hydrogens (tertiary/aromatic N) is 3. The Bertz CT molecular complexity index is 682. The number of pyridine rings is 1. The van der Waals surface area contributed by atoms with E-state index in [1.165, 1.54) is 0 Å². The molecule has 0 spiro atoms. The summed E-state index contributed by atoms with van der Waals surface area (Å²) in [5.41, 5.74) is 3.48. The van der Waals surface area contributed by atoms with Crippen LogP contribution in [0.4, 0.5) is 5.69 Å². The predicted molar refractivity (Wildman–Crippen MR) is 82.5 cm³/mol. The molecule has 0 aliphatic rings. The maximum absolute atomic E-state index is 9.34. The van der Waals surface area contributed by atoms with Gasteiger partial charge in [0.05, 0.1) is 23.3 Å². The molecular formula is C16H18N4. The van der Waals surface area contributed by atoms with Crippen molar-refractivity contribution >= 4 is 16.6 Å². The molecule has 0 saturated heterocycles. The van der Waals surface area contributed by atoms with Crippen LogP contribution in [0.5, 0.6) is 0 Å². The number of aromatic nitrogens is 1. The van der Waals surface area contributed by atoms with E-state index < -0.39 is 0 Å². The van der Waals surface area contributed by atoms with Crippen molar-refractivity contribution in [2.75, 3.05) is 25.5 Å². The van der Waals surface area contributed by atoms with Crippen LogP contribution in [0.2, 0.25) is 0 Å². The number of rotatable bonds is 4. The number of likely N-dealkylation sites (N-methyl/N-ethyl adjacent to an activating group) is 2. The number of hydrogen-bond donors (Lipinski definition) is 1. The van der Waals surface area contributed by atoms with Gasteiger partial charge in [0, 0.05) is 31.4 Å². The summed E-state index contributed by atoms with van der Waals surface area (Å²) in [6.45, 7) is 2.70. The molecule has 2 aromatic rings. The topological polar surface area (TPSA) is 52.0 Å². The number of nitriles is 1. The zero-order valence-corrected chi connectivity index (χ0v) is 12.0. The molecule has 0 atom stereocenters. The van der Waals surface area contributed by atoms with Crippen molar-refractivity contribution < 1.29 is 0 Å². The second-order valence-electron chi connectivity index (χ2n) is 4.57. The third kappa shape index (κ3) is 2.57. The van der Waals surface area contributed by atoms with E-state index in [-0.39, 0.29) is 0 Å². The van der Waals surface area contributed by atoms with Crippen molar-refractivity contribution in [3.05, 3.63) is 47.8 Å². The van der Waals surface area contributed by atoms with Gasteiger partial charge in [-0.05, 0) is 19.1 Å². The largest absolute Gasteiger partial charge is 0.390 e. The normalized spacial score (nSPS) is 11.2. The maximum Gasteiger partial charge on any atom is 0.101 e. The highest BCUT2D eigenvalue weighted by molar-refractivity contribution is 5.93. The molecule has 2 rings (SSSR count). The first kappa shape index (κ1) is 13.9. The van der Waals surface area contributed by atoms with E-state index in [0.29, 0.717) is 12.1 Å². The molecule has 1 aromatic carbocycles. The van der Waals surface area contributed by atoms with E-state index in [1.807, 2.05) is 51.4 Å². The minimum Gasteiger partial charge on any atom is -0.390 e. The van der Waals surface area contributed by atoms with Crippen molar-refractivity contribution in [3.8, 4) is 6.07 Å². The first-order chi connectivity index (χ1) is 9.71. The highest BCUT2D eigenvalue weighted by Crippen LogP contribution is 2.28. The SMILES string of the molecule is C/C=C(/CN(C)c1c(C#N)ccc2cccnc12)NC. The quantitative estimate of drug-likeness (QED) is 0.924. The zero-order valence-electron chi connectivity index (χ0n) is 12.0. The van der Waals surface area contributed by atoms with Gasteiger partial charge in [0.25, 0.3) is 0 Å². The molecule has 0 fully saturated rings. The molecule has 102 valence electrons. The van der Waals surface area contributed by atoms with Gasteiger partial charge in [-0.3, -0.25) is 4.98 Å². The van der Waals surface area contributed by atoms with Gasteiger partial charge in [-0.25, -0.2) is 0 Å². The summed E-state index contributed by atoms with van der Waals surface area (Å²) in [5.74, 6) is 0. The Balaban J connectivity index is 2.54. The van der Waals surface area contributed by atoms with E-state index in [9.17, 15) is 5.26 Å². The Labute approximate surface area is 119 Å². The van der Waals surface area contributed by atoms with Crippen LogP contribution >= 0.6 is 0 Å². The zero-order chi connectivity index (χ0) is 14.5. The molecule has 0 aliphatic carbocycles. The van der Waals surface area contributed by atoms with Gasteiger partial charge in [-0.2, -0.15) is 5.26 Å². The summed E-state index contributed by atoms with van der Waals surface area (Å²) in [6.07, 6.45) is 3.79. The molecule has 0 unspecified atom stereocenters. The molecule has 0 saturated carbocycles. The van der Waals surface area contributed by atoms with Crippen LogP contribution in [-0.2, 0) is 0 Å². The third-order valence-electron chi connectivity index (χ3n) is 3.33. The van der Waals surface area contributed by atoms with Crippen molar-refractivity contribution in [3.63, 3.8) is 0 Å². The van der Waals surface area contributed by atoms with Gasteiger partial charge in [0.2, 0.25) is 0 Å². The number of benzene rings is 1. The lowest BCUT2D eigenvalue weighted by molar-refractivity contribution is 0.872. The molecule has 4 nitrogen and oxygen atoms in total. The summed E-state index contributed by atoms with van der Waals surface area (Å²) < 4.78 is 0. The fourth-order valence-electron chi connectivity index (χ4n) is 2.26. The van der Waals surface area contributed by atoms with Crippen molar-refractivity contribution in [1.29, 1.82) is 5.26 Å². The van der Waals surface area contributed by atoms with Crippen LogP contribution in [0.1, 0.15) is 12.5 Å². The Kier molecular flexibility index (Phi) is 4.21. The van der Waals surface area contributed by atoms with Crippen LogP contribution in [0.3, 0.4) is 0 Å². The lowest BCUT2D eigenvalue weighted by atomic mass is 10.1. The second-order valence-corrected chi connectivity index (χ2v) is 4.57. The fourth-order valence-corrected chi connectivity index (χ4v) is 2.26. The van der Waals surface area contributed by atoms with Crippen molar-refractivity contribution in [2.24, 2.45) is 0 Å². The van der Waals surface area contributed by atoms with E-state index in [0.717, 1.165) is 22.3 Å². The molecule has 1 aromatic heterocycles. The fraction of sp³-hybridized carbons (Fsp3) is 0.250. The van der Waals surface area contributed by atoms with Crippen molar-refractivity contribution in [1.82, 2.24) is 10.3 Å². The van der Waals surface area contributed by atoms with Gasteiger partial charge in [-0.15, -0.1) is 0 Å². The average Bonchev–Trinajstić information content (AvgIpc) is 2.51. The number of anilines is 1. The van der Waals surface area contributed by atoms with Gasteiger partial charge < -0.3 is 10.2 Å². The van der Waals surface area contributed by atoms with E-state index in [2.05, 4.69) is 21.3 Å². The van der Waals surface area contributed by atoms with Gasteiger partial charge in [0.1, 0.15) is 6.07 Å². The first-order valence-electron chi connectivity index (χ1n) is 6.53. The van der Waals surface area contributed by atoms with E-state index in [1.54, 1.807) is 6.20 Å². The molecular weight excluding hydrogens is 248 g/mol. The Hall–Kier alpha value is -2.54. The van der Waals surface area contributed by atoms with Crippen LogP contribution in [0.25, 0.3) is 10.9 Å². The summed E-state index contributed by atoms with van der Waals surface area (Å²) in [7, 11) is 3.88. The van der Waals surface area contributed by atoms with Crippen LogP contribution in [0.15, 0.2) is 42.2 Å². The van der Waals surface area contributed by atoms with Gasteiger partial charge >= 0.3 is 0 Å². The van der Waals surface area contributed by atoms with E-state index in [4.69, 9.17) is 0 Å². The summed E-state index contributed by atoms with van der Waals surface area (Å²) >= 11 is 0. The highest BCUT2D eigenvalue weighted by atomic mass is 15.1. The van der Waals surface area contributed by atoms with Crippen LogP contribution in [-0.4, -0.2) is 25.6 Å². The summed E-state index contributed by atoms with van der Waals surface area (Å²) in [5, 5.41) is 13.5. The van der Waals surface area contributed by atoms with Gasteiger partial charge in [-0.1, -0.05) is 18.2 Å². The monoisotopic (exact) mass is 266 g/mol. The molecule has 0 radical (unpaired) electrons. The molecule has 0 bridgehead atoms. The second kappa shape index (κ2) is 6.07. The Morgan fingerprint density at radius 2 is 2.25 bits per heavy atom. The summed E-state index contributed by atoms with van der Waals surface area (Å²) in [6, 6.07) is 9.96. The molecule has 20 heavy (non-hydrogen) atoms. The number of fused-ring (bicyclic) bond motifs is 1. The minimum atomic E-state index is 0.644. The standard InChI is InChI=1S/C16H18N4/c1-4-14(18-2)11-20(3)16-13(10-17)8-7-12-6-5-9-19-15(12)16/h4-9,18H,11H2,1-3H3/b14-4-. The molecule has 0 aliphatic heterocycles. The Morgan fingerprint density at radius 1 is 1.45 bits per heavy atom. The minimum absolute atomic E-state index is 0.644. The average molecular weight is 266 g/mol. The predicted octanol–water partition coefficient (Wildman–Crippen LogP) is 2.67. The van der Waals surface area contributed by atoms with Crippen LogP contribution in [0, 0.1) is 11.3 Å². The summed E-state index contributed by atoms with van der Waals surface area (Å²) in [4.78, 5) is 6.49. The Morgan fingerprint density at radius 3 is 2.90 bits per heavy atom. The smallest absolute Gasteiger partial charge is 0.101 e. The molecule has 1 heterocycles. The first-order valence-corrected chi connectivity index (χ1v) is 6.53. The van der Waals surface area contributed by atoms with Gasteiger partial charge in [0.15, 0.2) is 0 Å². The maximum atomic E-state index is 9.34. The number of nitrogens with one attached hydrogen (secondary N) is 1. The lowest BCUT2D eigenvalue weighted by Gasteiger charge is -2.23. The van der Waals surface area contributed by atoms with Crippen molar-refractivity contribution in [2.45, 2.75) is 6.92 Å². The number of hydrogen-bond acceptors (Lipinski definition) is 4. The van der Waals surface area contributed by atoms with E-state index >= 15 is 0 Å². The van der Waals surface area contributed by atoms with Crippen LogP contribution < -0.4 is 10.2 Å². The highest BCUT2D eigenvalue weighted by Gasteiger charge is 2.13.